The Balaban J connectivity index is 1.85. The fourth-order valence-corrected chi connectivity index (χ4v) is 4.18. The number of halogens is 3. The van der Waals surface area contributed by atoms with E-state index in [0.717, 1.165) is 11.0 Å². The lowest BCUT2D eigenvalue weighted by atomic mass is 9.98. The molecule has 1 aliphatic heterocycles. The molecule has 0 bridgehead atoms. The summed E-state index contributed by atoms with van der Waals surface area (Å²) in [6.45, 7) is 0.394. The van der Waals surface area contributed by atoms with Gasteiger partial charge in [-0.15, -0.1) is 0 Å². The molecule has 1 unspecified atom stereocenters. The average Bonchev–Trinajstić information content (AvgIpc) is 3.07. The number of nitrogens with zero attached hydrogens (tertiary/aromatic N) is 1. The Bertz CT molecular complexity index is 1300. The zero-order valence-corrected chi connectivity index (χ0v) is 18.9. The Morgan fingerprint density at radius 2 is 1.77 bits per heavy atom. The highest BCUT2D eigenvalue weighted by molar-refractivity contribution is 6.17. The van der Waals surface area contributed by atoms with Crippen molar-refractivity contribution in [1.82, 2.24) is 0 Å². The van der Waals surface area contributed by atoms with Crippen LogP contribution < -0.4 is 14.4 Å². The molecule has 7 nitrogen and oxygen atoms in total. The van der Waals surface area contributed by atoms with Crippen LogP contribution in [0, 0.1) is 5.82 Å². The molecular weight excluding hydrogens is 467 g/mol. The van der Waals surface area contributed by atoms with E-state index in [0.29, 0.717) is 5.39 Å². The van der Waals surface area contributed by atoms with Crippen molar-refractivity contribution >= 4 is 28.3 Å². The van der Waals surface area contributed by atoms with Gasteiger partial charge in [-0.25, -0.2) is 4.39 Å². The first-order valence-electron chi connectivity index (χ1n) is 10.9. The summed E-state index contributed by atoms with van der Waals surface area (Å²) in [7, 11) is 0. The fraction of sp³-hybridized carbons (Fsp3) is 0.280. The number of hydrogen-bond donors (Lipinski definition) is 1. The monoisotopic (exact) mass is 489 g/mol. The third-order valence-corrected chi connectivity index (χ3v) is 5.54. The van der Waals surface area contributed by atoms with Gasteiger partial charge in [0.15, 0.2) is 6.23 Å². The fourth-order valence-electron chi connectivity index (χ4n) is 4.18. The predicted molar refractivity (Wildman–Crippen MR) is 120 cm³/mol. The smallest absolute Gasteiger partial charge is 0.387 e. The van der Waals surface area contributed by atoms with Gasteiger partial charge in [0, 0.05) is 16.5 Å². The molecule has 1 N–H and O–H groups in total. The van der Waals surface area contributed by atoms with Gasteiger partial charge in [-0.3, -0.25) is 14.5 Å². The molecule has 0 radical (unpaired) electrons. The number of ether oxygens (including phenoxy) is 3. The van der Waals surface area contributed by atoms with Crippen LogP contribution in [-0.4, -0.2) is 36.8 Å². The van der Waals surface area contributed by atoms with Crippen LogP contribution in [0.3, 0.4) is 0 Å². The topological polar surface area (TPSA) is 85.3 Å². The normalized spacial score (nSPS) is 15.0. The highest BCUT2D eigenvalue weighted by atomic mass is 19.3. The van der Waals surface area contributed by atoms with Crippen molar-refractivity contribution in [1.29, 1.82) is 0 Å². The summed E-state index contributed by atoms with van der Waals surface area (Å²) in [6.07, 6.45) is -2.08. The van der Waals surface area contributed by atoms with Gasteiger partial charge in [-0.2, -0.15) is 8.78 Å². The van der Waals surface area contributed by atoms with Gasteiger partial charge in [0.05, 0.1) is 30.8 Å². The number of benzene rings is 3. The molecule has 0 saturated carbocycles. The number of fused-ring (bicyclic) bond motifs is 2. The molecule has 184 valence electrons. The molecule has 0 spiro atoms. The number of esters is 1. The Morgan fingerprint density at radius 3 is 2.37 bits per heavy atom. The van der Waals surface area contributed by atoms with Crippen LogP contribution in [-0.2, 0) is 16.0 Å². The van der Waals surface area contributed by atoms with Crippen LogP contribution in [0.15, 0.2) is 42.5 Å². The van der Waals surface area contributed by atoms with Crippen molar-refractivity contribution in [2.75, 3.05) is 18.1 Å². The number of aliphatic hydroxyl groups excluding tert-OH is 1. The average molecular weight is 489 g/mol. The molecule has 1 heterocycles. The van der Waals surface area contributed by atoms with Crippen molar-refractivity contribution in [3.05, 3.63) is 65.0 Å². The maximum atomic E-state index is 14.8. The zero-order chi connectivity index (χ0) is 25.3. The van der Waals surface area contributed by atoms with Crippen molar-refractivity contribution in [2.24, 2.45) is 0 Å². The summed E-state index contributed by atoms with van der Waals surface area (Å²) in [5.74, 6) is -2.46. The summed E-state index contributed by atoms with van der Waals surface area (Å²) in [5.41, 5.74) is -0.357. The Morgan fingerprint density at radius 1 is 1.09 bits per heavy atom. The lowest BCUT2D eigenvalue weighted by Crippen LogP contribution is -2.28. The summed E-state index contributed by atoms with van der Waals surface area (Å²) >= 11 is 0. The first-order chi connectivity index (χ1) is 16.8. The second-order valence-corrected chi connectivity index (χ2v) is 7.61. The minimum atomic E-state index is -3.23. The molecule has 0 saturated heterocycles. The van der Waals surface area contributed by atoms with Crippen LogP contribution in [0.25, 0.3) is 10.8 Å². The van der Waals surface area contributed by atoms with Crippen molar-refractivity contribution in [2.45, 2.75) is 33.1 Å². The quantitative estimate of drug-likeness (QED) is 0.461. The van der Waals surface area contributed by atoms with E-state index in [1.807, 2.05) is 0 Å². The molecule has 1 aliphatic rings. The first-order valence-corrected chi connectivity index (χ1v) is 10.9. The number of carbonyl (C=O) groups excluding carboxylic acids is 2. The molecule has 0 aliphatic carbocycles. The van der Waals surface area contributed by atoms with Crippen LogP contribution in [0.2, 0.25) is 0 Å². The number of hydrogen-bond acceptors (Lipinski definition) is 6. The largest absolute Gasteiger partial charge is 0.492 e. The third-order valence-electron chi connectivity index (χ3n) is 5.54. The van der Waals surface area contributed by atoms with Crippen LogP contribution in [0.1, 0.15) is 41.6 Å². The maximum Gasteiger partial charge on any atom is 0.387 e. The Hall–Kier alpha value is -3.79. The lowest BCUT2D eigenvalue weighted by molar-refractivity contribution is -0.142. The summed E-state index contributed by atoms with van der Waals surface area (Å²) in [6, 6.07) is 9.97. The van der Waals surface area contributed by atoms with E-state index >= 15 is 0 Å². The Labute approximate surface area is 198 Å². The molecule has 0 aromatic heterocycles. The molecule has 1 amide bonds. The molecule has 1 atom stereocenters. The van der Waals surface area contributed by atoms with Gasteiger partial charge in [0.2, 0.25) is 0 Å². The molecule has 4 rings (SSSR count). The number of alkyl halides is 2. The van der Waals surface area contributed by atoms with Gasteiger partial charge >= 0.3 is 12.6 Å². The van der Waals surface area contributed by atoms with E-state index in [2.05, 4.69) is 0 Å². The highest BCUT2D eigenvalue weighted by Gasteiger charge is 2.44. The summed E-state index contributed by atoms with van der Waals surface area (Å²) in [4.78, 5) is 26.1. The van der Waals surface area contributed by atoms with E-state index in [-0.39, 0.29) is 58.9 Å². The van der Waals surface area contributed by atoms with E-state index in [9.17, 15) is 27.9 Å². The predicted octanol–water partition coefficient (Wildman–Crippen LogP) is 4.74. The van der Waals surface area contributed by atoms with Gasteiger partial charge in [0.25, 0.3) is 5.91 Å². The van der Waals surface area contributed by atoms with Gasteiger partial charge in [-0.1, -0.05) is 30.3 Å². The zero-order valence-electron chi connectivity index (χ0n) is 18.9. The molecule has 3 aromatic rings. The van der Waals surface area contributed by atoms with Crippen LogP contribution in [0.5, 0.6) is 11.5 Å². The van der Waals surface area contributed by atoms with E-state index in [4.69, 9.17) is 14.2 Å². The van der Waals surface area contributed by atoms with E-state index < -0.39 is 30.5 Å². The summed E-state index contributed by atoms with van der Waals surface area (Å²) < 4.78 is 56.8. The minimum Gasteiger partial charge on any atom is -0.492 e. The van der Waals surface area contributed by atoms with Crippen molar-refractivity contribution in [3.8, 4) is 11.5 Å². The van der Waals surface area contributed by atoms with E-state index in [1.54, 1.807) is 32.0 Å². The third kappa shape index (κ3) is 4.37. The number of aliphatic hydroxyl groups is 1. The SMILES string of the molecule is CCOC(=O)Cc1ccc(N2C(=O)c3c(c(OC(F)F)c4ccccc4c3OCC)C2O)cc1F. The van der Waals surface area contributed by atoms with Crippen molar-refractivity contribution in [3.63, 3.8) is 0 Å². The number of rotatable bonds is 8. The second kappa shape index (κ2) is 9.83. The highest BCUT2D eigenvalue weighted by Crippen LogP contribution is 2.50. The Kier molecular flexibility index (Phi) is 6.83. The second-order valence-electron chi connectivity index (χ2n) is 7.61. The maximum absolute atomic E-state index is 14.8. The standard InChI is InChI=1S/C25H22F3NO6/c1-3-33-18(30)11-13-9-10-14(12-17(13)26)29-23(31)19-20(24(29)32)22(35-25(27)28)16-8-6-5-7-15(16)21(19)34-4-2/h5-10,12,24-25,32H,3-4,11H2,1-2H3. The number of amides is 1. The van der Waals surface area contributed by atoms with Gasteiger partial charge in [-0.05, 0) is 31.5 Å². The number of anilines is 1. The first kappa shape index (κ1) is 24.3. The number of carbonyl (C=O) groups is 2. The summed E-state index contributed by atoms with van der Waals surface area (Å²) in [5, 5.41) is 11.7. The molecule has 0 fully saturated rings. The van der Waals surface area contributed by atoms with Crippen molar-refractivity contribution < 1.29 is 42.1 Å². The lowest BCUT2D eigenvalue weighted by Gasteiger charge is -2.22. The molecular formula is C25H22F3NO6. The van der Waals surface area contributed by atoms with Gasteiger partial charge < -0.3 is 19.3 Å². The molecule has 35 heavy (non-hydrogen) atoms. The molecule has 10 heteroatoms. The van der Waals surface area contributed by atoms with Crippen LogP contribution >= 0.6 is 0 Å². The molecule has 3 aromatic carbocycles. The van der Waals surface area contributed by atoms with Gasteiger partial charge in [0.1, 0.15) is 17.3 Å². The minimum absolute atomic E-state index is 0.0355. The van der Waals surface area contributed by atoms with Crippen LogP contribution in [0.4, 0.5) is 18.9 Å². The van der Waals surface area contributed by atoms with E-state index in [1.165, 1.54) is 18.2 Å².